The third kappa shape index (κ3) is 5.36. The first-order valence-electron chi connectivity index (χ1n) is 8.20. The Bertz CT molecular complexity index is 625. The van der Waals surface area contributed by atoms with E-state index in [4.69, 9.17) is 4.74 Å². The Morgan fingerprint density at radius 1 is 1.33 bits per heavy atom. The van der Waals surface area contributed by atoms with Gasteiger partial charge in [-0.2, -0.15) is 0 Å². The Kier molecular flexibility index (Phi) is 6.11. The zero-order valence-corrected chi connectivity index (χ0v) is 16.8. The second-order valence-corrected chi connectivity index (χ2v) is 8.46. The zero-order chi connectivity index (χ0) is 17.9. The highest BCUT2D eigenvalue weighted by atomic mass is 127. The van der Waals surface area contributed by atoms with Gasteiger partial charge in [-0.1, -0.05) is 6.07 Å². The highest BCUT2D eigenvalue weighted by Crippen LogP contribution is 2.23. The normalized spacial score (nSPS) is 18.2. The summed E-state index contributed by atoms with van der Waals surface area (Å²) in [5, 5.41) is 3.01. The number of carbonyl (C=O) groups is 2. The average Bonchev–Trinajstić information content (AvgIpc) is 2.49. The SMILES string of the molecule is Cc1ccc(I)cc1NC(=O)C1CCCN(C(=O)OC(C)(C)C)C1. The number of halogens is 1. The Labute approximate surface area is 157 Å². The molecule has 1 heterocycles. The van der Waals surface area contributed by atoms with Crippen LogP contribution in [0.25, 0.3) is 0 Å². The van der Waals surface area contributed by atoms with Gasteiger partial charge in [0.05, 0.1) is 5.92 Å². The summed E-state index contributed by atoms with van der Waals surface area (Å²) in [6.07, 6.45) is 1.25. The molecule has 1 unspecified atom stereocenters. The molecule has 1 saturated heterocycles. The van der Waals surface area contributed by atoms with Crippen LogP contribution in [-0.4, -0.2) is 35.6 Å². The molecule has 5 nitrogen and oxygen atoms in total. The number of aryl methyl sites for hydroxylation is 1. The van der Waals surface area contributed by atoms with Crippen molar-refractivity contribution in [3.63, 3.8) is 0 Å². The lowest BCUT2D eigenvalue weighted by molar-refractivity contribution is -0.121. The van der Waals surface area contributed by atoms with E-state index in [1.54, 1.807) is 4.90 Å². The molecule has 1 aromatic rings. The van der Waals surface area contributed by atoms with Crippen molar-refractivity contribution in [2.45, 2.75) is 46.1 Å². The topological polar surface area (TPSA) is 58.6 Å². The number of rotatable bonds is 2. The van der Waals surface area contributed by atoms with Crippen molar-refractivity contribution < 1.29 is 14.3 Å². The van der Waals surface area contributed by atoms with Crippen LogP contribution in [0.3, 0.4) is 0 Å². The fourth-order valence-corrected chi connectivity index (χ4v) is 3.14. The number of amides is 2. The molecule has 1 aliphatic heterocycles. The Morgan fingerprint density at radius 2 is 2.04 bits per heavy atom. The maximum Gasteiger partial charge on any atom is 0.410 e. The van der Waals surface area contributed by atoms with Gasteiger partial charge in [0, 0.05) is 22.3 Å². The van der Waals surface area contributed by atoms with E-state index in [1.165, 1.54) is 0 Å². The summed E-state index contributed by atoms with van der Waals surface area (Å²) in [4.78, 5) is 26.4. The minimum absolute atomic E-state index is 0.0339. The number of nitrogens with one attached hydrogen (secondary N) is 1. The molecule has 132 valence electrons. The molecule has 0 radical (unpaired) electrons. The van der Waals surface area contributed by atoms with Crippen molar-refractivity contribution in [3.05, 3.63) is 27.3 Å². The highest BCUT2D eigenvalue weighted by molar-refractivity contribution is 14.1. The van der Waals surface area contributed by atoms with Gasteiger partial charge < -0.3 is 15.0 Å². The molecule has 2 rings (SSSR count). The van der Waals surface area contributed by atoms with E-state index in [-0.39, 0.29) is 17.9 Å². The Hall–Kier alpha value is -1.31. The summed E-state index contributed by atoms with van der Waals surface area (Å²) in [5.41, 5.74) is 1.34. The number of nitrogens with zero attached hydrogens (tertiary/aromatic N) is 1. The lowest BCUT2D eigenvalue weighted by Gasteiger charge is -2.33. The maximum absolute atomic E-state index is 12.6. The van der Waals surface area contributed by atoms with Crippen LogP contribution in [0.2, 0.25) is 0 Å². The van der Waals surface area contributed by atoms with Crippen molar-refractivity contribution in [3.8, 4) is 0 Å². The lowest BCUT2D eigenvalue weighted by Crippen LogP contribution is -2.45. The summed E-state index contributed by atoms with van der Waals surface area (Å²) >= 11 is 2.23. The molecule has 1 aromatic carbocycles. The minimum atomic E-state index is -0.524. The van der Waals surface area contributed by atoms with E-state index in [9.17, 15) is 9.59 Å². The smallest absolute Gasteiger partial charge is 0.410 e. The second kappa shape index (κ2) is 7.72. The second-order valence-electron chi connectivity index (χ2n) is 7.21. The molecule has 2 amide bonds. The van der Waals surface area contributed by atoms with Crippen LogP contribution in [0.15, 0.2) is 18.2 Å². The molecule has 0 spiro atoms. The molecule has 0 saturated carbocycles. The Morgan fingerprint density at radius 3 is 2.71 bits per heavy atom. The monoisotopic (exact) mass is 444 g/mol. The van der Waals surface area contributed by atoms with E-state index in [2.05, 4.69) is 27.9 Å². The molecule has 6 heteroatoms. The molecule has 24 heavy (non-hydrogen) atoms. The van der Waals surface area contributed by atoms with Gasteiger partial charge in [-0.05, 0) is 80.8 Å². The largest absolute Gasteiger partial charge is 0.444 e. The van der Waals surface area contributed by atoms with Crippen LogP contribution in [0, 0.1) is 16.4 Å². The van der Waals surface area contributed by atoms with Crippen LogP contribution in [0.5, 0.6) is 0 Å². The number of piperidine rings is 1. The van der Waals surface area contributed by atoms with Gasteiger partial charge >= 0.3 is 6.09 Å². The van der Waals surface area contributed by atoms with Gasteiger partial charge in [0.15, 0.2) is 0 Å². The van der Waals surface area contributed by atoms with Crippen LogP contribution < -0.4 is 5.32 Å². The summed E-state index contributed by atoms with van der Waals surface area (Å²) < 4.78 is 6.49. The van der Waals surface area contributed by atoms with E-state index >= 15 is 0 Å². The quantitative estimate of drug-likeness (QED) is 0.697. The van der Waals surface area contributed by atoms with Crippen molar-refractivity contribution in [1.29, 1.82) is 0 Å². The fourth-order valence-electron chi connectivity index (χ4n) is 2.65. The predicted molar refractivity (Wildman–Crippen MR) is 103 cm³/mol. The number of ether oxygens (including phenoxy) is 1. The summed E-state index contributed by atoms with van der Waals surface area (Å²) in [5.74, 6) is -0.239. The maximum atomic E-state index is 12.6. The molecule has 1 N–H and O–H groups in total. The first kappa shape index (κ1) is 19.0. The van der Waals surface area contributed by atoms with Crippen molar-refractivity contribution >= 4 is 40.3 Å². The van der Waals surface area contributed by atoms with Gasteiger partial charge in [0.25, 0.3) is 0 Å². The molecule has 1 atom stereocenters. The van der Waals surface area contributed by atoms with Crippen LogP contribution in [0.4, 0.5) is 10.5 Å². The van der Waals surface area contributed by atoms with Crippen LogP contribution >= 0.6 is 22.6 Å². The van der Waals surface area contributed by atoms with Gasteiger partial charge in [-0.3, -0.25) is 4.79 Å². The fraction of sp³-hybridized carbons (Fsp3) is 0.556. The standard InChI is InChI=1S/C18H25IN2O3/c1-12-7-8-14(19)10-15(12)20-16(22)13-6-5-9-21(11-13)17(23)24-18(2,3)4/h7-8,10,13H,5-6,9,11H2,1-4H3,(H,20,22). The molecular weight excluding hydrogens is 419 g/mol. The Balaban J connectivity index is 2.00. The molecule has 1 aliphatic rings. The molecule has 1 fully saturated rings. The third-order valence-electron chi connectivity index (χ3n) is 3.90. The first-order chi connectivity index (χ1) is 11.2. The third-order valence-corrected chi connectivity index (χ3v) is 4.57. The summed E-state index contributed by atoms with van der Waals surface area (Å²) in [6.45, 7) is 8.56. The first-order valence-corrected chi connectivity index (χ1v) is 9.28. The van der Waals surface area contributed by atoms with Gasteiger partial charge in [-0.25, -0.2) is 4.79 Å². The molecular formula is C18H25IN2O3. The van der Waals surface area contributed by atoms with E-state index in [1.807, 2.05) is 45.9 Å². The van der Waals surface area contributed by atoms with Crippen molar-refractivity contribution in [1.82, 2.24) is 4.90 Å². The molecule has 0 aliphatic carbocycles. The van der Waals surface area contributed by atoms with Gasteiger partial charge in [-0.15, -0.1) is 0 Å². The van der Waals surface area contributed by atoms with Gasteiger partial charge in [0.1, 0.15) is 5.60 Å². The summed E-state index contributed by atoms with van der Waals surface area (Å²) in [6, 6.07) is 5.96. The number of anilines is 1. The van der Waals surface area contributed by atoms with E-state index < -0.39 is 5.60 Å². The molecule has 0 bridgehead atoms. The van der Waals surface area contributed by atoms with Crippen molar-refractivity contribution in [2.75, 3.05) is 18.4 Å². The van der Waals surface area contributed by atoms with Gasteiger partial charge in [0.2, 0.25) is 5.91 Å². The number of likely N-dealkylation sites (tertiary alicyclic amines) is 1. The van der Waals surface area contributed by atoms with Crippen LogP contribution in [-0.2, 0) is 9.53 Å². The zero-order valence-electron chi connectivity index (χ0n) is 14.7. The average molecular weight is 444 g/mol. The van der Waals surface area contributed by atoms with Crippen molar-refractivity contribution in [2.24, 2.45) is 5.92 Å². The summed E-state index contributed by atoms with van der Waals surface area (Å²) in [7, 11) is 0. The number of benzene rings is 1. The number of hydrogen-bond acceptors (Lipinski definition) is 3. The van der Waals surface area contributed by atoms with Crippen LogP contribution in [0.1, 0.15) is 39.2 Å². The number of hydrogen-bond donors (Lipinski definition) is 1. The lowest BCUT2D eigenvalue weighted by atomic mass is 9.97. The molecule has 0 aromatic heterocycles. The van der Waals surface area contributed by atoms with E-state index in [0.29, 0.717) is 13.1 Å². The predicted octanol–water partition coefficient (Wildman–Crippen LogP) is 4.19. The highest BCUT2D eigenvalue weighted by Gasteiger charge is 2.31. The van der Waals surface area contributed by atoms with E-state index in [0.717, 1.165) is 27.7 Å². The number of carbonyl (C=O) groups excluding carboxylic acids is 2. The minimum Gasteiger partial charge on any atom is -0.444 e.